The number of primary amides is 1. The third-order valence-electron chi connectivity index (χ3n) is 6.65. The number of fused-ring (bicyclic) bond motifs is 2. The number of hydrogen-bond acceptors (Lipinski definition) is 7. The van der Waals surface area contributed by atoms with Crippen LogP contribution in [-0.2, 0) is 4.79 Å². The lowest BCUT2D eigenvalue weighted by Gasteiger charge is -2.30. The fourth-order valence-corrected chi connectivity index (χ4v) is 4.68. The number of aromatic nitrogens is 2. The summed E-state index contributed by atoms with van der Waals surface area (Å²) in [6.07, 6.45) is 3.54. The van der Waals surface area contributed by atoms with Crippen LogP contribution in [0.3, 0.4) is 0 Å². The van der Waals surface area contributed by atoms with Gasteiger partial charge in [0.2, 0.25) is 5.91 Å². The summed E-state index contributed by atoms with van der Waals surface area (Å²) < 4.78 is 18.0. The Morgan fingerprint density at radius 1 is 1.08 bits per heavy atom. The lowest BCUT2D eigenvalue weighted by molar-refractivity contribution is -0.123. The second kappa shape index (κ2) is 10.4. The van der Waals surface area contributed by atoms with Crippen molar-refractivity contribution in [2.75, 3.05) is 33.4 Å². The van der Waals surface area contributed by atoms with E-state index in [-0.39, 0.29) is 11.8 Å². The molecule has 1 amide bonds. The zero-order chi connectivity index (χ0) is 25.1. The third-order valence-corrected chi connectivity index (χ3v) is 6.65. The van der Waals surface area contributed by atoms with E-state index >= 15 is 0 Å². The molecule has 1 unspecified atom stereocenters. The average molecular weight is 487 g/mol. The summed E-state index contributed by atoms with van der Waals surface area (Å²) in [5.41, 5.74) is 7.97. The molecule has 0 radical (unpaired) electrons. The van der Waals surface area contributed by atoms with Gasteiger partial charge in [0.1, 0.15) is 18.1 Å². The van der Waals surface area contributed by atoms with Crippen molar-refractivity contribution in [3.05, 3.63) is 60.4 Å². The molecule has 1 saturated heterocycles. The molecule has 0 spiro atoms. The number of methoxy groups -OCH3 is 1. The van der Waals surface area contributed by atoms with Crippen LogP contribution in [-0.4, -0.2) is 54.1 Å². The van der Waals surface area contributed by atoms with Crippen LogP contribution in [0, 0.1) is 12.8 Å². The number of carbonyl (C=O) groups is 1. The van der Waals surface area contributed by atoms with E-state index in [2.05, 4.69) is 14.9 Å². The summed E-state index contributed by atoms with van der Waals surface area (Å²) in [6.45, 7) is 4.72. The highest BCUT2D eigenvalue weighted by molar-refractivity contribution is 5.88. The molecule has 2 aromatic heterocycles. The molecule has 0 aliphatic carbocycles. The van der Waals surface area contributed by atoms with Gasteiger partial charge in [-0.05, 0) is 50.6 Å². The number of likely N-dealkylation sites (tertiary alicyclic amines) is 1. The number of para-hydroxylation sites is 1. The van der Waals surface area contributed by atoms with Gasteiger partial charge in [0.25, 0.3) is 0 Å². The number of benzene rings is 2. The Balaban J connectivity index is 1.35. The first kappa shape index (κ1) is 23.8. The molecular formula is C28H30N4O4. The van der Waals surface area contributed by atoms with E-state index in [9.17, 15) is 4.79 Å². The number of pyridine rings is 2. The number of carbonyl (C=O) groups excluding carboxylic acids is 1. The zero-order valence-electron chi connectivity index (χ0n) is 20.6. The van der Waals surface area contributed by atoms with Crippen LogP contribution in [0.5, 0.6) is 23.0 Å². The Labute approximate surface area is 210 Å². The highest BCUT2D eigenvalue weighted by Crippen LogP contribution is 2.38. The largest absolute Gasteiger partial charge is 0.493 e. The number of piperidine rings is 1. The van der Waals surface area contributed by atoms with Crippen molar-refractivity contribution in [1.29, 1.82) is 0 Å². The topological polar surface area (TPSA) is 99.8 Å². The molecule has 36 heavy (non-hydrogen) atoms. The molecule has 5 rings (SSSR count). The van der Waals surface area contributed by atoms with E-state index in [1.165, 1.54) is 0 Å². The molecule has 1 aliphatic heterocycles. The Kier molecular flexibility index (Phi) is 6.86. The second-order valence-electron chi connectivity index (χ2n) is 9.09. The first-order valence-corrected chi connectivity index (χ1v) is 12.2. The van der Waals surface area contributed by atoms with Gasteiger partial charge < -0.3 is 19.9 Å². The molecule has 1 aliphatic rings. The van der Waals surface area contributed by atoms with Gasteiger partial charge in [0.05, 0.1) is 29.8 Å². The Morgan fingerprint density at radius 3 is 2.78 bits per heavy atom. The van der Waals surface area contributed by atoms with Crippen molar-refractivity contribution in [3.63, 3.8) is 0 Å². The number of rotatable bonds is 8. The van der Waals surface area contributed by atoms with E-state index in [0.717, 1.165) is 46.9 Å². The minimum atomic E-state index is -0.226. The average Bonchev–Trinajstić information content (AvgIpc) is 2.89. The monoisotopic (exact) mass is 486 g/mol. The van der Waals surface area contributed by atoms with E-state index in [4.69, 9.17) is 19.9 Å². The standard InChI is InChI=1S/C28H30N4O4/c1-18-25(14-19-6-3-4-8-22(19)31-18)36-24-9-10-30-23-16-27(26(34-2)15-21(23)24)35-13-12-32-11-5-7-20(17-32)28(29)33/h3-4,6,8-10,14-16,20H,5,7,11-13,17H2,1-2H3,(H2,29,33). The maximum absolute atomic E-state index is 11.5. The van der Waals surface area contributed by atoms with Crippen molar-refractivity contribution in [3.8, 4) is 23.0 Å². The number of hydrogen-bond donors (Lipinski definition) is 1. The van der Waals surface area contributed by atoms with Crippen molar-refractivity contribution in [1.82, 2.24) is 14.9 Å². The number of aryl methyl sites for hydroxylation is 1. The van der Waals surface area contributed by atoms with Gasteiger partial charge in [-0.2, -0.15) is 0 Å². The summed E-state index contributed by atoms with van der Waals surface area (Å²) in [5.74, 6) is 2.25. The van der Waals surface area contributed by atoms with Crippen LogP contribution in [0.1, 0.15) is 18.5 Å². The van der Waals surface area contributed by atoms with E-state index in [0.29, 0.717) is 42.7 Å². The van der Waals surface area contributed by atoms with Crippen LogP contribution < -0.4 is 19.9 Å². The first-order chi connectivity index (χ1) is 17.5. The highest BCUT2D eigenvalue weighted by Gasteiger charge is 2.23. The van der Waals surface area contributed by atoms with Gasteiger partial charge in [-0.3, -0.25) is 14.7 Å². The van der Waals surface area contributed by atoms with Gasteiger partial charge in [0.15, 0.2) is 11.5 Å². The second-order valence-corrected chi connectivity index (χ2v) is 9.09. The van der Waals surface area contributed by atoms with Gasteiger partial charge >= 0.3 is 0 Å². The van der Waals surface area contributed by atoms with Crippen LogP contribution in [0.15, 0.2) is 54.7 Å². The normalized spacial score (nSPS) is 16.2. The molecule has 8 heteroatoms. The Bertz CT molecular complexity index is 1410. The quantitative estimate of drug-likeness (QED) is 0.392. The van der Waals surface area contributed by atoms with Crippen molar-refractivity contribution < 1.29 is 19.0 Å². The summed E-state index contributed by atoms with van der Waals surface area (Å²) in [6, 6.07) is 15.6. The molecule has 1 fully saturated rings. The van der Waals surface area contributed by atoms with E-state index in [1.54, 1.807) is 13.3 Å². The van der Waals surface area contributed by atoms with Crippen LogP contribution in [0.2, 0.25) is 0 Å². The van der Waals surface area contributed by atoms with Crippen molar-refractivity contribution >= 4 is 27.7 Å². The molecule has 0 saturated carbocycles. The van der Waals surface area contributed by atoms with Gasteiger partial charge in [-0.25, -0.2) is 4.98 Å². The predicted molar refractivity (Wildman–Crippen MR) is 139 cm³/mol. The van der Waals surface area contributed by atoms with Crippen molar-refractivity contribution in [2.45, 2.75) is 19.8 Å². The fraction of sp³-hybridized carbons (Fsp3) is 0.321. The maximum Gasteiger partial charge on any atom is 0.221 e. The van der Waals surface area contributed by atoms with Crippen LogP contribution >= 0.6 is 0 Å². The Morgan fingerprint density at radius 2 is 1.94 bits per heavy atom. The minimum Gasteiger partial charge on any atom is -0.493 e. The molecular weight excluding hydrogens is 456 g/mol. The molecule has 186 valence electrons. The molecule has 4 aromatic rings. The lowest BCUT2D eigenvalue weighted by atomic mass is 9.98. The summed E-state index contributed by atoms with van der Waals surface area (Å²) >= 11 is 0. The fourth-order valence-electron chi connectivity index (χ4n) is 4.68. The van der Waals surface area contributed by atoms with Crippen LogP contribution in [0.25, 0.3) is 21.8 Å². The smallest absolute Gasteiger partial charge is 0.221 e. The summed E-state index contributed by atoms with van der Waals surface area (Å²) in [7, 11) is 1.62. The molecule has 3 heterocycles. The summed E-state index contributed by atoms with van der Waals surface area (Å²) in [4.78, 5) is 23.0. The van der Waals surface area contributed by atoms with Crippen LogP contribution in [0.4, 0.5) is 0 Å². The first-order valence-electron chi connectivity index (χ1n) is 12.2. The number of nitrogens with two attached hydrogens (primary N) is 1. The van der Waals surface area contributed by atoms with Crippen molar-refractivity contribution in [2.24, 2.45) is 11.7 Å². The molecule has 0 bridgehead atoms. The number of ether oxygens (including phenoxy) is 3. The molecule has 2 N–H and O–H groups in total. The third kappa shape index (κ3) is 5.04. The van der Waals surface area contributed by atoms with Gasteiger partial charge in [0, 0.05) is 36.1 Å². The van der Waals surface area contributed by atoms with E-state index < -0.39 is 0 Å². The highest BCUT2D eigenvalue weighted by atomic mass is 16.5. The molecule has 1 atom stereocenters. The SMILES string of the molecule is COc1cc2c(Oc3cc4ccccc4nc3C)ccnc2cc1OCCN1CCCC(C(N)=O)C1. The number of nitrogens with zero attached hydrogens (tertiary/aromatic N) is 3. The number of amides is 1. The molecule has 2 aromatic carbocycles. The maximum atomic E-state index is 11.5. The Hall–Kier alpha value is -3.91. The van der Waals surface area contributed by atoms with Gasteiger partial charge in [-0.15, -0.1) is 0 Å². The lowest BCUT2D eigenvalue weighted by Crippen LogP contribution is -2.42. The molecule has 8 nitrogen and oxygen atoms in total. The summed E-state index contributed by atoms with van der Waals surface area (Å²) in [5, 5.41) is 1.83. The van der Waals surface area contributed by atoms with E-state index in [1.807, 2.05) is 55.5 Å². The predicted octanol–water partition coefficient (Wildman–Crippen LogP) is 4.47. The minimum absolute atomic E-state index is 0.0852. The van der Waals surface area contributed by atoms with Gasteiger partial charge in [-0.1, -0.05) is 18.2 Å². The zero-order valence-corrected chi connectivity index (χ0v) is 20.6.